The molecular formula is C22H19Cl3N4O2. The first-order valence-electron chi connectivity index (χ1n) is 9.72. The molecule has 0 spiro atoms. The molecule has 0 atom stereocenters. The first kappa shape index (κ1) is 21.7. The molecule has 1 aliphatic rings. The van der Waals surface area contributed by atoms with Crippen molar-refractivity contribution in [3.05, 3.63) is 80.0 Å². The van der Waals surface area contributed by atoms with Crippen molar-refractivity contribution in [1.29, 1.82) is 0 Å². The Morgan fingerprint density at radius 2 is 1.58 bits per heavy atom. The molecule has 1 aliphatic heterocycles. The van der Waals surface area contributed by atoms with Gasteiger partial charge in [-0.15, -0.1) is 0 Å². The molecule has 1 saturated heterocycles. The average Bonchev–Trinajstić information content (AvgIpc) is 2.78. The van der Waals surface area contributed by atoms with Crippen LogP contribution in [0.2, 0.25) is 15.1 Å². The van der Waals surface area contributed by atoms with Gasteiger partial charge in [-0.05, 0) is 36.4 Å². The van der Waals surface area contributed by atoms with Crippen molar-refractivity contribution in [2.45, 2.75) is 6.54 Å². The van der Waals surface area contributed by atoms with Crippen LogP contribution in [0.25, 0.3) is 11.3 Å². The second-order valence-electron chi connectivity index (χ2n) is 7.19. The van der Waals surface area contributed by atoms with Gasteiger partial charge in [-0.25, -0.2) is 4.68 Å². The second kappa shape index (κ2) is 9.30. The van der Waals surface area contributed by atoms with Gasteiger partial charge in [-0.3, -0.25) is 9.59 Å². The third kappa shape index (κ3) is 5.03. The minimum Gasteiger partial charge on any atom is -0.368 e. The molecule has 0 unspecified atom stereocenters. The molecule has 6 nitrogen and oxygen atoms in total. The van der Waals surface area contributed by atoms with Crippen LogP contribution in [0.3, 0.4) is 0 Å². The van der Waals surface area contributed by atoms with Gasteiger partial charge in [0.05, 0.1) is 15.7 Å². The highest BCUT2D eigenvalue weighted by Gasteiger charge is 2.22. The predicted molar refractivity (Wildman–Crippen MR) is 124 cm³/mol. The van der Waals surface area contributed by atoms with Gasteiger partial charge >= 0.3 is 0 Å². The van der Waals surface area contributed by atoms with E-state index in [0.29, 0.717) is 46.9 Å². The molecule has 3 aromatic rings. The fourth-order valence-corrected chi connectivity index (χ4v) is 3.88. The van der Waals surface area contributed by atoms with E-state index in [1.54, 1.807) is 29.2 Å². The number of hydrogen-bond acceptors (Lipinski definition) is 4. The molecule has 0 aliphatic carbocycles. The van der Waals surface area contributed by atoms with Crippen LogP contribution in [0, 0.1) is 0 Å². The monoisotopic (exact) mass is 476 g/mol. The van der Waals surface area contributed by atoms with E-state index in [-0.39, 0.29) is 18.0 Å². The van der Waals surface area contributed by atoms with Gasteiger partial charge < -0.3 is 9.80 Å². The standard InChI is InChI=1S/C22H19Cl3N4O2/c23-16-3-1-15(2-4-16)20-7-8-21(30)29(26-20)14-22(31)28-11-9-27(10-12-28)17-5-6-18(24)19(25)13-17/h1-8,13H,9-12,14H2. The molecule has 4 rings (SSSR count). The maximum absolute atomic E-state index is 12.8. The Bertz CT molecular complexity index is 1160. The molecule has 160 valence electrons. The number of anilines is 1. The van der Waals surface area contributed by atoms with E-state index in [1.807, 2.05) is 24.3 Å². The fraction of sp³-hybridized carbons (Fsp3) is 0.227. The molecule has 0 bridgehead atoms. The lowest BCUT2D eigenvalue weighted by Gasteiger charge is -2.36. The van der Waals surface area contributed by atoms with Gasteiger partial charge in [0.15, 0.2) is 0 Å². The summed E-state index contributed by atoms with van der Waals surface area (Å²) in [5.41, 5.74) is 2.07. The van der Waals surface area contributed by atoms with Gasteiger partial charge in [0, 0.05) is 48.5 Å². The van der Waals surface area contributed by atoms with Crippen molar-refractivity contribution in [3.63, 3.8) is 0 Å². The van der Waals surface area contributed by atoms with Crippen molar-refractivity contribution in [2.75, 3.05) is 31.1 Å². The highest BCUT2D eigenvalue weighted by Crippen LogP contribution is 2.27. The number of hydrogen-bond donors (Lipinski definition) is 0. The van der Waals surface area contributed by atoms with Gasteiger partial charge in [0.25, 0.3) is 5.56 Å². The van der Waals surface area contributed by atoms with Crippen LogP contribution in [0.1, 0.15) is 0 Å². The molecule has 0 radical (unpaired) electrons. The zero-order chi connectivity index (χ0) is 22.0. The number of piperazine rings is 1. The van der Waals surface area contributed by atoms with Crippen molar-refractivity contribution in [2.24, 2.45) is 0 Å². The number of amides is 1. The number of carbonyl (C=O) groups excluding carboxylic acids is 1. The minimum absolute atomic E-state index is 0.104. The number of nitrogens with zero attached hydrogens (tertiary/aromatic N) is 4. The van der Waals surface area contributed by atoms with Gasteiger partial charge in [0.1, 0.15) is 6.54 Å². The van der Waals surface area contributed by atoms with E-state index >= 15 is 0 Å². The van der Waals surface area contributed by atoms with Crippen molar-refractivity contribution in [1.82, 2.24) is 14.7 Å². The number of halogens is 3. The van der Waals surface area contributed by atoms with E-state index < -0.39 is 0 Å². The molecule has 2 heterocycles. The summed E-state index contributed by atoms with van der Waals surface area (Å²) in [7, 11) is 0. The van der Waals surface area contributed by atoms with Crippen LogP contribution in [0.15, 0.2) is 59.4 Å². The summed E-state index contributed by atoms with van der Waals surface area (Å²) in [5, 5.41) is 6.00. The van der Waals surface area contributed by atoms with Gasteiger partial charge in [0.2, 0.25) is 5.91 Å². The highest BCUT2D eigenvalue weighted by molar-refractivity contribution is 6.42. The third-order valence-corrected chi connectivity index (χ3v) is 6.18. The van der Waals surface area contributed by atoms with Gasteiger partial charge in [-0.2, -0.15) is 5.10 Å². The lowest BCUT2D eigenvalue weighted by atomic mass is 10.1. The van der Waals surface area contributed by atoms with Gasteiger partial charge in [-0.1, -0.05) is 46.9 Å². The molecule has 1 aromatic heterocycles. The molecule has 31 heavy (non-hydrogen) atoms. The number of rotatable bonds is 4. The van der Waals surface area contributed by atoms with E-state index in [2.05, 4.69) is 10.00 Å². The first-order chi connectivity index (χ1) is 14.9. The molecule has 9 heteroatoms. The number of benzene rings is 2. The van der Waals surface area contributed by atoms with Crippen LogP contribution < -0.4 is 10.5 Å². The molecule has 2 aromatic carbocycles. The lowest BCUT2D eigenvalue weighted by molar-refractivity contribution is -0.132. The topological polar surface area (TPSA) is 58.4 Å². The summed E-state index contributed by atoms with van der Waals surface area (Å²) < 4.78 is 1.21. The Kier molecular flexibility index (Phi) is 6.51. The van der Waals surface area contributed by atoms with Crippen molar-refractivity contribution >= 4 is 46.4 Å². The third-order valence-electron chi connectivity index (χ3n) is 5.19. The maximum Gasteiger partial charge on any atom is 0.267 e. The average molecular weight is 478 g/mol. The quantitative estimate of drug-likeness (QED) is 0.564. The second-order valence-corrected chi connectivity index (χ2v) is 8.44. The van der Waals surface area contributed by atoms with Crippen LogP contribution in [-0.4, -0.2) is 46.8 Å². The molecule has 1 amide bonds. The Morgan fingerprint density at radius 3 is 2.26 bits per heavy atom. The van der Waals surface area contributed by atoms with E-state index in [9.17, 15) is 9.59 Å². The summed E-state index contributed by atoms with van der Waals surface area (Å²) in [4.78, 5) is 29.0. The molecule has 0 N–H and O–H groups in total. The Hall–Kier alpha value is -2.54. The SMILES string of the molecule is O=C(Cn1nc(-c2ccc(Cl)cc2)ccc1=O)N1CCN(c2ccc(Cl)c(Cl)c2)CC1. The van der Waals surface area contributed by atoms with Crippen LogP contribution >= 0.6 is 34.8 Å². The van der Waals surface area contributed by atoms with E-state index in [1.165, 1.54) is 10.7 Å². The predicted octanol–water partition coefficient (Wildman–Crippen LogP) is 4.22. The number of carbonyl (C=O) groups is 1. The van der Waals surface area contributed by atoms with Crippen LogP contribution in [-0.2, 0) is 11.3 Å². The summed E-state index contributed by atoms with van der Waals surface area (Å²) in [5.74, 6) is -0.142. The number of aromatic nitrogens is 2. The first-order valence-corrected chi connectivity index (χ1v) is 10.9. The largest absolute Gasteiger partial charge is 0.368 e. The van der Waals surface area contributed by atoms with E-state index in [4.69, 9.17) is 34.8 Å². The van der Waals surface area contributed by atoms with Crippen LogP contribution in [0.5, 0.6) is 0 Å². The summed E-state index contributed by atoms with van der Waals surface area (Å²) in [6.07, 6.45) is 0. The fourth-order valence-electron chi connectivity index (χ4n) is 3.46. The van der Waals surface area contributed by atoms with Crippen molar-refractivity contribution < 1.29 is 4.79 Å². The summed E-state index contributed by atoms with van der Waals surface area (Å²) in [6.45, 7) is 2.32. The Labute approximate surface area is 194 Å². The minimum atomic E-state index is -0.319. The maximum atomic E-state index is 12.8. The smallest absolute Gasteiger partial charge is 0.267 e. The summed E-state index contributed by atoms with van der Waals surface area (Å²) in [6, 6.07) is 15.7. The normalized spacial score (nSPS) is 14.0. The zero-order valence-electron chi connectivity index (χ0n) is 16.5. The Morgan fingerprint density at radius 1 is 0.871 bits per heavy atom. The lowest BCUT2D eigenvalue weighted by Crippen LogP contribution is -2.50. The summed E-state index contributed by atoms with van der Waals surface area (Å²) >= 11 is 18.0. The van der Waals surface area contributed by atoms with E-state index in [0.717, 1.165) is 11.3 Å². The highest BCUT2D eigenvalue weighted by atomic mass is 35.5. The molecular weight excluding hydrogens is 459 g/mol. The molecule has 1 fully saturated rings. The Balaban J connectivity index is 1.42. The van der Waals surface area contributed by atoms with Crippen LogP contribution in [0.4, 0.5) is 5.69 Å². The zero-order valence-corrected chi connectivity index (χ0v) is 18.7. The molecule has 0 saturated carbocycles. The van der Waals surface area contributed by atoms with Crippen molar-refractivity contribution in [3.8, 4) is 11.3 Å².